The van der Waals surface area contributed by atoms with Crippen molar-refractivity contribution in [1.29, 1.82) is 0 Å². The summed E-state index contributed by atoms with van der Waals surface area (Å²) in [7, 11) is 1.28. The lowest BCUT2D eigenvalue weighted by atomic mass is 10.1. The number of rotatable bonds is 5. The van der Waals surface area contributed by atoms with Crippen molar-refractivity contribution in [3.63, 3.8) is 0 Å². The van der Waals surface area contributed by atoms with Crippen molar-refractivity contribution in [3.05, 3.63) is 24.3 Å². The third-order valence-corrected chi connectivity index (χ3v) is 2.50. The number of methoxy groups -OCH3 is 1. The fourth-order valence-corrected chi connectivity index (χ4v) is 1.52. The molecule has 0 aromatic heterocycles. The molecular weight excluding hydrogens is 246 g/mol. The van der Waals surface area contributed by atoms with Gasteiger partial charge in [0.25, 0.3) is 0 Å². The summed E-state index contributed by atoms with van der Waals surface area (Å²) in [4.78, 5) is 22.8. The largest absolute Gasteiger partial charge is 0.453 e. The molecule has 1 aromatic carbocycles. The molecule has 6 heteroatoms. The summed E-state index contributed by atoms with van der Waals surface area (Å²) in [6, 6.07) is 6.24. The number of hydrogen-bond acceptors (Lipinski definition) is 4. The van der Waals surface area contributed by atoms with Crippen LogP contribution in [0.25, 0.3) is 0 Å². The van der Waals surface area contributed by atoms with Crippen LogP contribution in [0.3, 0.4) is 0 Å². The standard InChI is InChI=1S/C13H19N3O3/c1-3-5-11(14)12(17)15-9-6-4-7-10(8-9)16-13(18)19-2/h4,6-8,11H,3,5,14H2,1-2H3,(H,15,17)(H,16,18)/t11-/m1/s1. The second-order valence-electron chi connectivity index (χ2n) is 4.08. The Morgan fingerprint density at radius 1 is 1.32 bits per heavy atom. The van der Waals surface area contributed by atoms with Crippen molar-refractivity contribution < 1.29 is 14.3 Å². The maximum Gasteiger partial charge on any atom is 0.411 e. The van der Waals surface area contributed by atoms with E-state index in [0.717, 1.165) is 6.42 Å². The van der Waals surface area contributed by atoms with Gasteiger partial charge < -0.3 is 15.8 Å². The third-order valence-electron chi connectivity index (χ3n) is 2.50. The predicted octanol–water partition coefficient (Wildman–Crippen LogP) is 1.93. The van der Waals surface area contributed by atoms with E-state index in [2.05, 4.69) is 15.4 Å². The molecule has 1 atom stereocenters. The van der Waals surface area contributed by atoms with E-state index in [4.69, 9.17) is 5.73 Å². The molecule has 1 rings (SSSR count). The molecule has 6 nitrogen and oxygen atoms in total. The van der Waals surface area contributed by atoms with Gasteiger partial charge in [-0.3, -0.25) is 10.1 Å². The Kier molecular flexibility index (Phi) is 5.81. The van der Waals surface area contributed by atoms with E-state index in [1.165, 1.54) is 7.11 Å². The third kappa shape index (κ3) is 4.97. The molecule has 0 saturated carbocycles. The van der Waals surface area contributed by atoms with E-state index >= 15 is 0 Å². The molecule has 0 spiro atoms. The summed E-state index contributed by atoms with van der Waals surface area (Å²) in [6.45, 7) is 1.97. The predicted molar refractivity (Wildman–Crippen MR) is 74.0 cm³/mol. The Bertz CT molecular complexity index is 449. The van der Waals surface area contributed by atoms with Crippen LogP contribution in [-0.4, -0.2) is 25.2 Å². The first-order chi connectivity index (χ1) is 9.06. The quantitative estimate of drug-likeness (QED) is 0.758. The molecule has 0 fully saturated rings. The average Bonchev–Trinajstić information content (AvgIpc) is 2.39. The molecule has 19 heavy (non-hydrogen) atoms. The molecule has 0 heterocycles. The lowest BCUT2D eigenvalue weighted by Crippen LogP contribution is -2.35. The average molecular weight is 265 g/mol. The second-order valence-corrected chi connectivity index (χ2v) is 4.08. The maximum atomic E-state index is 11.7. The highest BCUT2D eigenvalue weighted by atomic mass is 16.5. The number of ether oxygens (including phenoxy) is 1. The van der Waals surface area contributed by atoms with E-state index in [0.29, 0.717) is 17.8 Å². The van der Waals surface area contributed by atoms with Crippen molar-refractivity contribution in [1.82, 2.24) is 0 Å². The minimum absolute atomic E-state index is 0.239. The normalized spacial score (nSPS) is 11.5. The molecule has 2 amide bonds. The Morgan fingerprint density at radius 2 is 1.95 bits per heavy atom. The molecule has 0 aliphatic heterocycles. The molecule has 4 N–H and O–H groups in total. The SMILES string of the molecule is CCC[C@@H](N)C(=O)Nc1cccc(NC(=O)OC)c1. The fraction of sp³-hybridized carbons (Fsp3) is 0.385. The van der Waals surface area contributed by atoms with Crippen LogP contribution >= 0.6 is 0 Å². The van der Waals surface area contributed by atoms with Gasteiger partial charge in [0.1, 0.15) is 0 Å². The van der Waals surface area contributed by atoms with E-state index in [9.17, 15) is 9.59 Å². The second kappa shape index (κ2) is 7.38. The zero-order valence-corrected chi connectivity index (χ0v) is 11.1. The van der Waals surface area contributed by atoms with Crippen molar-refractivity contribution in [2.24, 2.45) is 5.73 Å². The first-order valence-corrected chi connectivity index (χ1v) is 6.08. The summed E-state index contributed by atoms with van der Waals surface area (Å²) >= 11 is 0. The van der Waals surface area contributed by atoms with Gasteiger partial charge in [-0.15, -0.1) is 0 Å². The molecule has 1 aromatic rings. The van der Waals surface area contributed by atoms with Gasteiger partial charge in [-0.2, -0.15) is 0 Å². The van der Waals surface area contributed by atoms with E-state index in [1.807, 2.05) is 6.92 Å². The monoisotopic (exact) mass is 265 g/mol. The summed E-state index contributed by atoms with van der Waals surface area (Å²) in [5, 5.41) is 5.22. The van der Waals surface area contributed by atoms with Crippen molar-refractivity contribution >= 4 is 23.4 Å². The van der Waals surface area contributed by atoms with Crippen LogP contribution in [-0.2, 0) is 9.53 Å². The van der Waals surface area contributed by atoms with Gasteiger partial charge >= 0.3 is 6.09 Å². The zero-order valence-electron chi connectivity index (χ0n) is 11.1. The summed E-state index contributed by atoms with van der Waals surface area (Å²) in [5.41, 5.74) is 6.82. The molecule has 104 valence electrons. The van der Waals surface area contributed by atoms with Crippen LogP contribution in [0.1, 0.15) is 19.8 Å². The molecule has 0 radical (unpaired) electrons. The van der Waals surface area contributed by atoms with Crippen LogP contribution in [0.15, 0.2) is 24.3 Å². The van der Waals surface area contributed by atoms with E-state index in [-0.39, 0.29) is 5.91 Å². The lowest BCUT2D eigenvalue weighted by molar-refractivity contribution is -0.117. The number of benzene rings is 1. The number of hydrogen-bond donors (Lipinski definition) is 3. The number of carbonyl (C=O) groups is 2. The fourth-order valence-electron chi connectivity index (χ4n) is 1.52. The maximum absolute atomic E-state index is 11.7. The number of carbonyl (C=O) groups excluding carboxylic acids is 2. The number of nitrogens with two attached hydrogens (primary N) is 1. The van der Waals surface area contributed by atoms with Gasteiger partial charge in [0.15, 0.2) is 0 Å². The molecule has 0 aliphatic rings. The van der Waals surface area contributed by atoms with Crippen LogP contribution < -0.4 is 16.4 Å². The van der Waals surface area contributed by atoms with Crippen LogP contribution in [0.5, 0.6) is 0 Å². The Balaban J connectivity index is 2.66. The number of nitrogens with one attached hydrogen (secondary N) is 2. The van der Waals surface area contributed by atoms with Crippen molar-refractivity contribution in [2.45, 2.75) is 25.8 Å². The molecule has 0 unspecified atom stereocenters. The van der Waals surface area contributed by atoms with Gasteiger partial charge in [0.05, 0.1) is 13.2 Å². The number of amides is 2. The highest BCUT2D eigenvalue weighted by molar-refractivity contribution is 5.95. The van der Waals surface area contributed by atoms with Gasteiger partial charge in [0, 0.05) is 11.4 Å². The van der Waals surface area contributed by atoms with Gasteiger partial charge in [-0.05, 0) is 24.6 Å². The highest BCUT2D eigenvalue weighted by Gasteiger charge is 2.12. The molecule has 0 saturated heterocycles. The smallest absolute Gasteiger partial charge is 0.411 e. The van der Waals surface area contributed by atoms with Gasteiger partial charge in [0.2, 0.25) is 5.91 Å². The van der Waals surface area contributed by atoms with E-state index < -0.39 is 12.1 Å². The molecular formula is C13H19N3O3. The minimum atomic E-state index is -0.564. The zero-order chi connectivity index (χ0) is 14.3. The van der Waals surface area contributed by atoms with Crippen LogP contribution in [0.4, 0.5) is 16.2 Å². The van der Waals surface area contributed by atoms with Gasteiger partial charge in [-0.1, -0.05) is 19.4 Å². The lowest BCUT2D eigenvalue weighted by Gasteiger charge is -2.12. The Hall–Kier alpha value is -2.08. The molecule has 0 bridgehead atoms. The van der Waals surface area contributed by atoms with Crippen molar-refractivity contribution in [2.75, 3.05) is 17.7 Å². The van der Waals surface area contributed by atoms with Crippen molar-refractivity contribution in [3.8, 4) is 0 Å². The summed E-state index contributed by atoms with van der Waals surface area (Å²) in [5.74, 6) is -0.239. The Morgan fingerprint density at radius 3 is 2.53 bits per heavy atom. The first-order valence-electron chi connectivity index (χ1n) is 6.08. The first kappa shape index (κ1) is 15.0. The Labute approximate surface area is 112 Å². The summed E-state index contributed by atoms with van der Waals surface area (Å²) < 4.78 is 4.49. The topological polar surface area (TPSA) is 93.5 Å². The van der Waals surface area contributed by atoms with Gasteiger partial charge in [-0.25, -0.2) is 4.79 Å². The summed E-state index contributed by atoms with van der Waals surface area (Å²) in [6.07, 6.45) is 0.913. The highest BCUT2D eigenvalue weighted by Crippen LogP contribution is 2.15. The van der Waals surface area contributed by atoms with Crippen LogP contribution in [0.2, 0.25) is 0 Å². The molecule has 0 aliphatic carbocycles. The van der Waals surface area contributed by atoms with Crippen LogP contribution in [0, 0.1) is 0 Å². The van der Waals surface area contributed by atoms with E-state index in [1.54, 1.807) is 24.3 Å². The number of anilines is 2. The minimum Gasteiger partial charge on any atom is -0.453 e.